The van der Waals surface area contributed by atoms with E-state index >= 15 is 35.1 Å². The van der Waals surface area contributed by atoms with Gasteiger partial charge in [0, 0.05) is 5.56 Å². The van der Waals surface area contributed by atoms with Crippen LogP contribution in [0.15, 0.2) is 54.6 Å². The van der Waals surface area contributed by atoms with E-state index in [4.69, 9.17) is 0 Å². The number of aryl methyl sites for hydroxylation is 1. The van der Waals surface area contributed by atoms with Crippen molar-refractivity contribution in [2.24, 2.45) is 0 Å². The maximum Gasteiger partial charge on any atom is 0.200 e. The molecule has 0 bridgehead atoms. The van der Waals surface area contributed by atoms with Crippen molar-refractivity contribution >= 4 is 33.7 Å². The van der Waals surface area contributed by atoms with Crippen molar-refractivity contribution in [3.63, 3.8) is 0 Å². The van der Waals surface area contributed by atoms with Crippen molar-refractivity contribution in [3.8, 4) is 0 Å². The second kappa shape index (κ2) is 17.0. The van der Waals surface area contributed by atoms with Gasteiger partial charge in [-0.1, -0.05) is 48.0 Å². The minimum atomic E-state index is -7.22. The standard InChI is InChI=1S/C24BF20.C16H20N/c26-5-1(6(27)14(35)21(42)13(5)34)25(2-7(28)15(36)22(43)16(37)8(2)29,3-9(30)17(38)23(44)18(39)10(3)31)4-11(32)19(40)24(45)20(41)12(4)33;1-14-9-11-15(12-10-14)13-17(2,3)16-7-5-4-6-8-16/h;4-12H,13H2,1-3H3/q-1;+1. The monoisotopic (exact) mass is 905 g/mol. The average Bonchev–Trinajstić information content (AvgIpc) is 3.24. The Morgan fingerprint density at radius 1 is 0.323 bits per heavy atom. The van der Waals surface area contributed by atoms with Gasteiger partial charge in [0.2, 0.25) is 0 Å². The summed E-state index contributed by atoms with van der Waals surface area (Å²) >= 11 is 0. The summed E-state index contributed by atoms with van der Waals surface area (Å²) in [6.45, 7) is 3.14. The van der Waals surface area contributed by atoms with Crippen molar-refractivity contribution in [1.29, 1.82) is 0 Å². The minimum absolute atomic E-state index is 0.879. The quantitative estimate of drug-likeness (QED) is 0.0493. The Hall–Kier alpha value is -6.06. The van der Waals surface area contributed by atoms with E-state index in [9.17, 15) is 52.7 Å². The summed E-state index contributed by atoms with van der Waals surface area (Å²) in [5, 5.41) is 0. The predicted octanol–water partition coefficient (Wildman–Crippen LogP) is 9.61. The molecule has 0 atom stereocenters. The Kier molecular flexibility index (Phi) is 12.9. The molecule has 0 spiro atoms. The lowest BCUT2D eigenvalue weighted by atomic mass is 9.12. The van der Waals surface area contributed by atoms with Gasteiger partial charge >= 0.3 is 0 Å². The molecule has 0 amide bonds. The first-order valence-corrected chi connectivity index (χ1v) is 17.0. The maximum atomic E-state index is 15.4. The fraction of sp³-hybridized carbons (Fsp3) is 0.100. The van der Waals surface area contributed by atoms with Gasteiger partial charge in [-0.3, -0.25) is 4.48 Å². The van der Waals surface area contributed by atoms with Crippen LogP contribution < -0.4 is 26.3 Å². The molecule has 0 N–H and O–H groups in total. The van der Waals surface area contributed by atoms with Crippen LogP contribution in [0.25, 0.3) is 0 Å². The van der Waals surface area contributed by atoms with Crippen LogP contribution in [0.3, 0.4) is 0 Å². The zero-order valence-corrected chi connectivity index (χ0v) is 31.0. The zero-order valence-electron chi connectivity index (χ0n) is 31.0. The molecule has 6 rings (SSSR count). The van der Waals surface area contributed by atoms with E-state index in [0.29, 0.717) is 0 Å². The van der Waals surface area contributed by atoms with Crippen LogP contribution in [-0.2, 0) is 6.54 Å². The molecule has 328 valence electrons. The lowest BCUT2D eigenvalue weighted by molar-refractivity contribution is 0.378. The maximum absolute atomic E-state index is 15.4. The summed E-state index contributed by atoms with van der Waals surface area (Å²) in [6, 6.07) is 19.4. The smallest absolute Gasteiger partial charge is 0.200 e. The summed E-state index contributed by atoms with van der Waals surface area (Å²) in [6.07, 6.45) is -7.22. The lowest BCUT2D eigenvalue weighted by Crippen LogP contribution is -2.81. The molecular weight excluding hydrogens is 885 g/mol. The second-order valence-electron chi connectivity index (χ2n) is 14.0. The fourth-order valence-corrected chi connectivity index (χ4v) is 6.95. The number of hydrogen-bond acceptors (Lipinski definition) is 0. The molecule has 0 fully saturated rings. The van der Waals surface area contributed by atoms with Crippen molar-refractivity contribution in [2.45, 2.75) is 13.5 Å². The third-order valence-electron chi connectivity index (χ3n) is 9.86. The van der Waals surface area contributed by atoms with Crippen LogP contribution >= 0.6 is 0 Å². The molecule has 0 heterocycles. The first-order chi connectivity index (χ1) is 28.8. The van der Waals surface area contributed by atoms with Crippen LogP contribution in [0.4, 0.5) is 93.5 Å². The van der Waals surface area contributed by atoms with Crippen LogP contribution in [0.5, 0.6) is 0 Å². The van der Waals surface area contributed by atoms with E-state index in [2.05, 4.69) is 75.6 Å². The molecule has 0 aliphatic carbocycles. The molecule has 0 radical (unpaired) electrons. The summed E-state index contributed by atoms with van der Waals surface area (Å²) in [7, 11) is 4.49. The number of rotatable bonds is 7. The Morgan fingerprint density at radius 2 is 0.548 bits per heavy atom. The van der Waals surface area contributed by atoms with Gasteiger partial charge in [-0.25, -0.2) is 87.8 Å². The first kappa shape index (κ1) is 47.0. The van der Waals surface area contributed by atoms with Crippen molar-refractivity contribution in [2.75, 3.05) is 14.1 Å². The molecular formula is C40H20BF20N. The number of nitrogens with zero attached hydrogens (tertiary/aromatic N) is 1. The molecule has 0 aromatic heterocycles. The van der Waals surface area contributed by atoms with Crippen LogP contribution in [0, 0.1) is 123 Å². The molecule has 0 saturated carbocycles. The van der Waals surface area contributed by atoms with Gasteiger partial charge in [-0.05, 0) is 19.1 Å². The number of halogens is 20. The highest BCUT2D eigenvalue weighted by molar-refractivity contribution is 7.20. The minimum Gasteiger partial charge on any atom is -0.292 e. The van der Waals surface area contributed by atoms with Crippen LogP contribution in [0.1, 0.15) is 11.1 Å². The second-order valence-corrected chi connectivity index (χ2v) is 14.0. The van der Waals surface area contributed by atoms with Crippen LogP contribution in [-0.4, -0.2) is 20.2 Å². The summed E-state index contributed by atoms with van der Waals surface area (Å²) < 4.78 is 295. The molecule has 22 heteroatoms. The average molecular weight is 905 g/mol. The Labute approximate surface area is 335 Å². The van der Waals surface area contributed by atoms with E-state index in [1.807, 2.05) is 0 Å². The van der Waals surface area contributed by atoms with E-state index in [0.717, 1.165) is 11.0 Å². The highest BCUT2D eigenvalue weighted by Gasteiger charge is 2.52. The van der Waals surface area contributed by atoms with Gasteiger partial charge in [-0.15, -0.1) is 21.9 Å². The number of hydrogen-bond donors (Lipinski definition) is 0. The van der Waals surface area contributed by atoms with Gasteiger partial charge in [0.25, 0.3) is 0 Å². The molecule has 6 aromatic rings. The van der Waals surface area contributed by atoms with Gasteiger partial charge in [0.15, 0.2) is 69.8 Å². The predicted molar refractivity (Wildman–Crippen MR) is 184 cm³/mol. The zero-order chi connectivity index (χ0) is 46.7. The first-order valence-electron chi connectivity index (χ1n) is 17.0. The van der Waals surface area contributed by atoms with Crippen molar-refractivity contribution < 1.29 is 87.8 Å². The van der Waals surface area contributed by atoms with Gasteiger partial charge in [0.1, 0.15) is 64.9 Å². The van der Waals surface area contributed by atoms with E-state index in [1.165, 1.54) is 16.8 Å². The number of quaternary nitrogens is 1. The Bertz CT molecular complexity index is 2360. The fourth-order valence-electron chi connectivity index (χ4n) is 6.95. The Morgan fingerprint density at radius 3 is 0.790 bits per heavy atom. The summed E-state index contributed by atoms with van der Waals surface area (Å²) in [5.74, 6) is -71.4. The van der Waals surface area contributed by atoms with Gasteiger partial charge in [-0.2, -0.15) is 0 Å². The molecule has 6 aromatic carbocycles. The normalized spacial score (nSPS) is 11.9. The molecule has 0 aliphatic heterocycles. The highest BCUT2D eigenvalue weighted by atomic mass is 19.2. The molecule has 0 aliphatic rings. The van der Waals surface area contributed by atoms with E-state index in [-0.39, 0.29) is 0 Å². The van der Waals surface area contributed by atoms with Crippen LogP contribution in [0.2, 0.25) is 0 Å². The lowest BCUT2D eigenvalue weighted by Gasteiger charge is -2.44. The largest absolute Gasteiger partial charge is 0.292 e. The van der Waals surface area contributed by atoms with Crippen molar-refractivity contribution in [3.05, 3.63) is 182 Å². The Balaban J connectivity index is 0.000000355. The third kappa shape index (κ3) is 7.40. The molecule has 62 heavy (non-hydrogen) atoms. The van der Waals surface area contributed by atoms with E-state index < -0.39 is 144 Å². The SMILES string of the molecule is Cc1ccc(C[N+](C)(C)c2ccccc2)cc1.Fc1c(F)c(F)c([B-](c2c(F)c(F)c(F)c(F)c2F)(c2c(F)c(F)c(F)c(F)c2F)c2c(F)c(F)c(F)c(F)c2F)c(F)c1F. The molecule has 0 saturated heterocycles. The van der Waals surface area contributed by atoms with Gasteiger partial charge in [0.05, 0.1) is 14.1 Å². The molecule has 0 unspecified atom stereocenters. The number of benzene rings is 6. The van der Waals surface area contributed by atoms with E-state index in [1.54, 1.807) is 0 Å². The van der Waals surface area contributed by atoms with Crippen molar-refractivity contribution in [1.82, 2.24) is 4.48 Å². The topological polar surface area (TPSA) is 0 Å². The van der Waals surface area contributed by atoms with Gasteiger partial charge < -0.3 is 0 Å². The third-order valence-corrected chi connectivity index (χ3v) is 9.86. The highest BCUT2D eigenvalue weighted by Crippen LogP contribution is 2.31. The summed E-state index contributed by atoms with van der Waals surface area (Å²) in [4.78, 5) is 0. The molecule has 1 nitrogen and oxygen atoms in total. The summed E-state index contributed by atoms with van der Waals surface area (Å²) in [5.41, 5.74) is -10.3. The number of para-hydroxylation sites is 1.